The van der Waals surface area contributed by atoms with Gasteiger partial charge in [-0.1, -0.05) is 0 Å². The van der Waals surface area contributed by atoms with E-state index in [4.69, 9.17) is 9.84 Å². The zero-order chi connectivity index (χ0) is 12.2. The van der Waals surface area contributed by atoms with Crippen LogP contribution in [-0.4, -0.2) is 42.0 Å². The summed E-state index contributed by atoms with van der Waals surface area (Å²) in [6.07, 6.45) is 0. The standard InChI is InChI=1S/C10H15NO4S/c1-10(14,6-12)5-11-9(13)8-7(15-2)3-4-16-8/h3-4,12,14H,5-6H2,1-2H3,(H,11,13). The molecule has 0 aliphatic carbocycles. The molecule has 90 valence electrons. The number of hydrogen-bond donors (Lipinski definition) is 3. The maximum atomic E-state index is 11.7. The monoisotopic (exact) mass is 245 g/mol. The van der Waals surface area contributed by atoms with Gasteiger partial charge in [0.25, 0.3) is 5.91 Å². The van der Waals surface area contributed by atoms with Gasteiger partial charge in [-0.15, -0.1) is 11.3 Å². The summed E-state index contributed by atoms with van der Waals surface area (Å²) in [6, 6.07) is 1.70. The van der Waals surface area contributed by atoms with Crippen LogP contribution in [0.5, 0.6) is 5.75 Å². The first kappa shape index (κ1) is 13.0. The topological polar surface area (TPSA) is 78.8 Å². The molecule has 1 aromatic heterocycles. The number of carbonyl (C=O) groups is 1. The van der Waals surface area contributed by atoms with Crippen molar-refractivity contribution in [3.63, 3.8) is 0 Å². The molecule has 16 heavy (non-hydrogen) atoms. The lowest BCUT2D eigenvalue weighted by molar-refractivity contribution is 0.00321. The SMILES string of the molecule is COc1ccsc1C(=O)NCC(C)(O)CO. The lowest BCUT2D eigenvalue weighted by atomic mass is 10.1. The molecule has 0 saturated heterocycles. The number of aliphatic hydroxyl groups excluding tert-OH is 1. The molecule has 3 N–H and O–H groups in total. The highest BCUT2D eigenvalue weighted by molar-refractivity contribution is 7.12. The highest BCUT2D eigenvalue weighted by atomic mass is 32.1. The third kappa shape index (κ3) is 3.19. The summed E-state index contributed by atoms with van der Waals surface area (Å²) in [5.74, 6) is 0.187. The zero-order valence-corrected chi connectivity index (χ0v) is 10.0. The molecule has 5 nitrogen and oxygen atoms in total. The summed E-state index contributed by atoms with van der Waals surface area (Å²) in [5.41, 5.74) is -1.31. The van der Waals surface area contributed by atoms with Gasteiger partial charge in [0.2, 0.25) is 0 Å². The number of amides is 1. The van der Waals surface area contributed by atoms with Crippen molar-refractivity contribution in [1.82, 2.24) is 5.32 Å². The van der Waals surface area contributed by atoms with Gasteiger partial charge in [-0.3, -0.25) is 4.79 Å². The molecule has 1 rings (SSSR count). The van der Waals surface area contributed by atoms with Crippen molar-refractivity contribution in [2.24, 2.45) is 0 Å². The summed E-state index contributed by atoms with van der Waals surface area (Å²) >= 11 is 1.26. The number of carbonyl (C=O) groups excluding carboxylic acids is 1. The number of aliphatic hydroxyl groups is 2. The molecule has 0 aromatic carbocycles. The summed E-state index contributed by atoms with van der Waals surface area (Å²) < 4.78 is 5.00. The number of methoxy groups -OCH3 is 1. The summed E-state index contributed by atoms with van der Waals surface area (Å²) in [7, 11) is 1.49. The van der Waals surface area contributed by atoms with Gasteiger partial charge >= 0.3 is 0 Å². The predicted octanol–water partition coefficient (Wildman–Crippen LogP) is 0.230. The molecule has 0 aliphatic rings. The lowest BCUT2D eigenvalue weighted by Gasteiger charge is -2.20. The van der Waals surface area contributed by atoms with Crippen LogP contribution in [0.3, 0.4) is 0 Å². The second kappa shape index (κ2) is 5.29. The normalized spacial score (nSPS) is 14.2. The van der Waals surface area contributed by atoms with E-state index >= 15 is 0 Å². The Labute approximate surface area is 97.7 Å². The van der Waals surface area contributed by atoms with Gasteiger partial charge in [0, 0.05) is 6.54 Å². The van der Waals surface area contributed by atoms with E-state index in [1.165, 1.54) is 25.4 Å². The zero-order valence-electron chi connectivity index (χ0n) is 9.19. The Kier molecular flexibility index (Phi) is 4.28. The molecule has 1 amide bonds. The fourth-order valence-electron chi connectivity index (χ4n) is 1.03. The number of rotatable bonds is 5. The van der Waals surface area contributed by atoms with E-state index in [1.807, 2.05) is 0 Å². The largest absolute Gasteiger partial charge is 0.495 e. The minimum Gasteiger partial charge on any atom is -0.495 e. The first-order chi connectivity index (χ1) is 7.50. The predicted molar refractivity (Wildman–Crippen MR) is 60.9 cm³/mol. The average Bonchev–Trinajstić information content (AvgIpc) is 2.74. The van der Waals surface area contributed by atoms with Crippen LogP contribution in [0.4, 0.5) is 0 Å². The fraction of sp³-hybridized carbons (Fsp3) is 0.500. The van der Waals surface area contributed by atoms with E-state index in [-0.39, 0.29) is 12.5 Å². The number of ether oxygens (including phenoxy) is 1. The van der Waals surface area contributed by atoms with Crippen molar-refractivity contribution < 1.29 is 19.7 Å². The summed E-state index contributed by atoms with van der Waals surface area (Å²) in [6.45, 7) is 1.02. The van der Waals surface area contributed by atoms with E-state index < -0.39 is 12.2 Å². The van der Waals surface area contributed by atoms with E-state index in [0.29, 0.717) is 10.6 Å². The molecular weight excluding hydrogens is 230 g/mol. The quantitative estimate of drug-likeness (QED) is 0.694. The molecule has 0 fully saturated rings. The van der Waals surface area contributed by atoms with Gasteiger partial charge in [0.15, 0.2) is 0 Å². The van der Waals surface area contributed by atoms with E-state index in [2.05, 4.69) is 5.32 Å². The Bertz CT molecular complexity index is 361. The molecule has 0 aliphatic heterocycles. The maximum absolute atomic E-state index is 11.7. The molecule has 1 atom stereocenters. The van der Waals surface area contributed by atoms with Crippen molar-refractivity contribution >= 4 is 17.2 Å². The lowest BCUT2D eigenvalue weighted by Crippen LogP contribution is -2.43. The highest BCUT2D eigenvalue weighted by Crippen LogP contribution is 2.24. The Morgan fingerprint density at radius 2 is 2.38 bits per heavy atom. The first-order valence-electron chi connectivity index (χ1n) is 4.73. The average molecular weight is 245 g/mol. The van der Waals surface area contributed by atoms with Crippen molar-refractivity contribution in [2.45, 2.75) is 12.5 Å². The molecule has 6 heteroatoms. The van der Waals surface area contributed by atoms with Gasteiger partial charge in [-0.2, -0.15) is 0 Å². The Morgan fingerprint density at radius 3 is 2.94 bits per heavy atom. The highest BCUT2D eigenvalue weighted by Gasteiger charge is 2.21. The summed E-state index contributed by atoms with van der Waals surface area (Å²) in [4.78, 5) is 12.1. The van der Waals surface area contributed by atoms with Crippen LogP contribution in [-0.2, 0) is 0 Å². The van der Waals surface area contributed by atoms with Gasteiger partial charge in [-0.25, -0.2) is 0 Å². The number of nitrogens with one attached hydrogen (secondary N) is 1. The van der Waals surface area contributed by atoms with Crippen LogP contribution in [0, 0.1) is 0 Å². The third-order valence-electron chi connectivity index (χ3n) is 2.03. The van der Waals surface area contributed by atoms with E-state index in [9.17, 15) is 9.90 Å². The summed E-state index contributed by atoms with van der Waals surface area (Å²) in [5, 5.41) is 22.6. The maximum Gasteiger partial charge on any atom is 0.265 e. The van der Waals surface area contributed by atoms with Crippen molar-refractivity contribution in [3.8, 4) is 5.75 Å². The van der Waals surface area contributed by atoms with Crippen LogP contribution in [0.2, 0.25) is 0 Å². The van der Waals surface area contributed by atoms with Gasteiger partial charge in [0.1, 0.15) is 16.2 Å². The minimum atomic E-state index is -1.31. The van der Waals surface area contributed by atoms with Gasteiger partial charge < -0.3 is 20.3 Å². The van der Waals surface area contributed by atoms with E-state index in [0.717, 1.165) is 0 Å². The molecule has 1 aromatic rings. The van der Waals surface area contributed by atoms with Crippen LogP contribution in [0.1, 0.15) is 16.6 Å². The van der Waals surface area contributed by atoms with Gasteiger partial charge in [0.05, 0.1) is 13.7 Å². The van der Waals surface area contributed by atoms with Crippen LogP contribution < -0.4 is 10.1 Å². The number of hydrogen-bond acceptors (Lipinski definition) is 5. The Morgan fingerprint density at radius 1 is 1.69 bits per heavy atom. The molecular formula is C10H15NO4S. The minimum absolute atomic E-state index is 0.0105. The van der Waals surface area contributed by atoms with Crippen molar-refractivity contribution in [2.75, 3.05) is 20.3 Å². The first-order valence-corrected chi connectivity index (χ1v) is 5.61. The Hall–Kier alpha value is -1.11. The number of thiophene rings is 1. The Balaban J connectivity index is 2.60. The van der Waals surface area contributed by atoms with Crippen LogP contribution in [0.15, 0.2) is 11.4 Å². The van der Waals surface area contributed by atoms with Gasteiger partial charge in [-0.05, 0) is 18.4 Å². The third-order valence-corrected chi connectivity index (χ3v) is 2.92. The molecule has 0 bridgehead atoms. The fourth-order valence-corrected chi connectivity index (χ4v) is 1.81. The molecule has 0 radical (unpaired) electrons. The van der Waals surface area contributed by atoms with Crippen LogP contribution >= 0.6 is 11.3 Å². The van der Waals surface area contributed by atoms with E-state index in [1.54, 1.807) is 11.4 Å². The smallest absolute Gasteiger partial charge is 0.265 e. The van der Waals surface area contributed by atoms with Crippen molar-refractivity contribution in [1.29, 1.82) is 0 Å². The molecule has 1 heterocycles. The molecule has 0 saturated carbocycles. The molecule has 0 spiro atoms. The second-order valence-corrected chi connectivity index (χ2v) is 4.57. The second-order valence-electron chi connectivity index (χ2n) is 3.66. The van der Waals surface area contributed by atoms with Crippen molar-refractivity contribution in [3.05, 3.63) is 16.3 Å². The van der Waals surface area contributed by atoms with Crippen LogP contribution in [0.25, 0.3) is 0 Å². The molecule has 1 unspecified atom stereocenters.